The zero-order valence-corrected chi connectivity index (χ0v) is 17.3. The number of anilines is 1. The quantitative estimate of drug-likeness (QED) is 0.333. The van der Waals surface area contributed by atoms with Crippen molar-refractivity contribution < 1.29 is 14.0 Å². The second kappa shape index (κ2) is 7.78. The van der Waals surface area contributed by atoms with E-state index in [1.807, 2.05) is 59.2 Å². The highest BCUT2D eigenvalue weighted by Gasteiger charge is 2.24. The first-order valence-corrected chi connectivity index (χ1v) is 10.2. The fourth-order valence-electron chi connectivity index (χ4n) is 4.21. The summed E-state index contributed by atoms with van der Waals surface area (Å²) in [4.78, 5) is 27.0. The van der Waals surface area contributed by atoms with Gasteiger partial charge in [0.1, 0.15) is 5.82 Å². The van der Waals surface area contributed by atoms with Gasteiger partial charge in [-0.2, -0.15) is 0 Å². The van der Waals surface area contributed by atoms with E-state index in [0.29, 0.717) is 28.8 Å². The van der Waals surface area contributed by atoms with E-state index >= 15 is 0 Å². The Balaban J connectivity index is 1.78. The van der Waals surface area contributed by atoms with E-state index in [0.717, 1.165) is 21.8 Å². The average molecular weight is 422 g/mol. The molecule has 0 radical (unpaired) electrons. The zero-order valence-electron chi connectivity index (χ0n) is 17.3. The molecule has 0 spiro atoms. The Kier molecular flexibility index (Phi) is 4.79. The predicted octanol–water partition coefficient (Wildman–Crippen LogP) is 6.01. The molecule has 0 aliphatic carbocycles. The van der Waals surface area contributed by atoms with Crippen LogP contribution < -0.4 is 4.90 Å². The van der Waals surface area contributed by atoms with Gasteiger partial charge in [-0.25, -0.2) is 4.39 Å². The Hall–Kier alpha value is -4.25. The van der Waals surface area contributed by atoms with Gasteiger partial charge in [-0.3, -0.25) is 9.59 Å². The molecule has 0 unspecified atom stereocenters. The first-order chi connectivity index (χ1) is 15.6. The lowest BCUT2D eigenvalue weighted by Crippen LogP contribution is -2.28. The van der Waals surface area contributed by atoms with E-state index in [9.17, 15) is 14.0 Å². The SMILES string of the molecule is CN(C(=O)c1c(C=O)cccc1-n1c2ccccc2c2ccccc21)c1ccc(F)cc1. The third-order valence-electron chi connectivity index (χ3n) is 5.76. The van der Waals surface area contributed by atoms with Gasteiger partial charge in [0.2, 0.25) is 0 Å². The molecule has 0 aliphatic heterocycles. The number of carbonyl (C=O) groups excluding carboxylic acids is 2. The zero-order chi connectivity index (χ0) is 22.2. The summed E-state index contributed by atoms with van der Waals surface area (Å²) in [6.45, 7) is 0. The van der Waals surface area contributed by atoms with Crippen LogP contribution in [0.15, 0.2) is 91.0 Å². The number of aromatic nitrogens is 1. The van der Waals surface area contributed by atoms with Crippen molar-refractivity contribution in [2.45, 2.75) is 0 Å². The standard InChI is InChI=1S/C27H19FN2O2/c1-29(20-15-13-19(28)14-16-20)27(32)26-18(17-31)7-6-12-25(26)30-23-10-4-2-8-21(23)22-9-3-5-11-24(22)30/h2-17H,1H3. The van der Waals surface area contributed by atoms with Crippen LogP contribution in [0.25, 0.3) is 27.5 Å². The van der Waals surface area contributed by atoms with E-state index in [4.69, 9.17) is 0 Å². The molecule has 32 heavy (non-hydrogen) atoms. The number of hydrogen-bond acceptors (Lipinski definition) is 2. The molecule has 5 rings (SSSR count). The minimum absolute atomic E-state index is 0.292. The van der Waals surface area contributed by atoms with Gasteiger partial charge < -0.3 is 9.47 Å². The summed E-state index contributed by atoms with van der Waals surface area (Å²) in [5.74, 6) is -0.731. The number of aldehydes is 1. The van der Waals surface area contributed by atoms with Crippen LogP contribution in [0.4, 0.5) is 10.1 Å². The number of halogens is 1. The summed E-state index contributed by atoms with van der Waals surface area (Å²) in [6.07, 6.45) is 0.698. The number of para-hydroxylation sites is 2. The molecule has 0 fully saturated rings. The summed E-state index contributed by atoms with van der Waals surface area (Å²) >= 11 is 0. The number of nitrogens with zero attached hydrogens (tertiary/aromatic N) is 2. The molecule has 0 bridgehead atoms. The molecule has 5 heteroatoms. The van der Waals surface area contributed by atoms with Crippen molar-refractivity contribution in [1.82, 2.24) is 4.57 Å². The number of hydrogen-bond donors (Lipinski definition) is 0. The van der Waals surface area contributed by atoms with Crippen molar-refractivity contribution in [2.24, 2.45) is 0 Å². The first kappa shape index (κ1) is 19.7. The van der Waals surface area contributed by atoms with Crippen molar-refractivity contribution in [3.63, 3.8) is 0 Å². The second-order valence-electron chi connectivity index (χ2n) is 7.57. The molecular formula is C27H19FN2O2. The summed E-state index contributed by atoms with van der Waals surface area (Å²) in [5.41, 5.74) is 3.62. The maximum Gasteiger partial charge on any atom is 0.260 e. The molecule has 1 aromatic heterocycles. The molecule has 0 saturated carbocycles. The molecule has 1 amide bonds. The number of rotatable bonds is 4. The van der Waals surface area contributed by atoms with Crippen LogP contribution in [-0.4, -0.2) is 23.8 Å². The van der Waals surface area contributed by atoms with Crippen LogP contribution in [0.5, 0.6) is 0 Å². The summed E-state index contributed by atoms with van der Waals surface area (Å²) in [5, 5.41) is 2.12. The van der Waals surface area contributed by atoms with E-state index in [-0.39, 0.29) is 11.7 Å². The van der Waals surface area contributed by atoms with Gasteiger partial charge in [0.25, 0.3) is 5.91 Å². The Labute approximate surface area is 184 Å². The molecule has 0 aliphatic rings. The Morgan fingerprint density at radius 2 is 1.41 bits per heavy atom. The van der Waals surface area contributed by atoms with Gasteiger partial charge >= 0.3 is 0 Å². The van der Waals surface area contributed by atoms with Gasteiger partial charge in [0.05, 0.1) is 22.3 Å². The van der Waals surface area contributed by atoms with E-state index < -0.39 is 0 Å². The van der Waals surface area contributed by atoms with Crippen molar-refractivity contribution in [3.05, 3.63) is 108 Å². The molecule has 0 saturated heterocycles. The minimum atomic E-state index is -0.381. The molecule has 4 nitrogen and oxygen atoms in total. The van der Waals surface area contributed by atoms with Crippen LogP contribution in [0.1, 0.15) is 20.7 Å². The Morgan fingerprint density at radius 3 is 2.00 bits per heavy atom. The fraction of sp³-hybridized carbons (Fsp3) is 0.0370. The molecule has 1 heterocycles. The molecule has 5 aromatic rings. The summed E-state index contributed by atoms with van der Waals surface area (Å²) in [6, 6.07) is 26.9. The van der Waals surface area contributed by atoms with Gasteiger partial charge in [-0.1, -0.05) is 48.5 Å². The third kappa shape index (κ3) is 3.06. The lowest BCUT2D eigenvalue weighted by atomic mass is 10.0. The monoisotopic (exact) mass is 422 g/mol. The van der Waals surface area contributed by atoms with Crippen LogP contribution in [0, 0.1) is 5.82 Å². The molecular weight excluding hydrogens is 403 g/mol. The normalized spacial score (nSPS) is 11.1. The second-order valence-corrected chi connectivity index (χ2v) is 7.57. The van der Waals surface area contributed by atoms with Gasteiger partial charge in [0, 0.05) is 29.1 Å². The predicted molar refractivity (Wildman–Crippen MR) is 125 cm³/mol. The average Bonchev–Trinajstić information content (AvgIpc) is 3.17. The molecule has 0 atom stereocenters. The number of benzene rings is 4. The van der Waals surface area contributed by atoms with Gasteiger partial charge in [-0.05, 0) is 42.5 Å². The van der Waals surface area contributed by atoms with Gasteiger partial charge in [-0.15, -0.1) is 0 Å². The van der Waals surface area contributed by atoms with Crippen LogP contribution >= 0.6 is 0 Å². The highest BCUT2D eigenvalue weighted by molar-refractivity contribution is 6.15. The molecule has 156 valence electrons. The number of fused-ring (bicyclic) bond motifs is 3. The van der Waals surface area contributed by atoms with E-state index in [1.54, 1.807) is 19.2 Å². The van der Waals surface area contributed by atoms with Crippen molar-refractivity contribution >= 4 is 39.7 Å². The van der Waals surface area contributed by atoms with Crippen LogP contribution in [-0.2, 0) is 0 Å². The van der Waals surface area contributed by atoms with Crippen molar-refractivity contribution in [3.8, 4) is 5.69 Å². The number of amides is 1. The fourth-order valence-corrected chi connectivity index (χ4v) is 4.21. The van der Waals surface area contributed by atoms with Gasteiger partial charge in [0.15, 0.2) is 6.29 Å². The van der Waals surface area contributed by atoms with Crippen molar-refractivity contribution in [2.75, 3.05) is 11.9 Å². The summed E-state index contributed by atoms with van der Waals surface area (Å²) in [7, 11) is 1.62. The maximum absolute atomic E-state index is 13.7. The Morgan fingerprint density at radius 1 is 0.812 bits per heavy atom. The lowest BCUT2D eigenvalue weighted by molar-refractivity contribution is 0.0986. The lowest BCUT2D eigenvalue weighted by Gasteiger charge is -2.21. The van der Waals surface area contributed by atoms with E-state index in [2.05, 4.69) is 0 Å². The van der Waals surface area contributed by atoms with E-state index in [1.165, 1.54) is 29.2 Å². The number of carbonyl (C=O) groups is 2. The van der Waals surface area contributed by atoms with Crippen LogP contribution in [0.3, 0.4) is 0 Å². The highest BCUT2D eigenvalue weighted by atomic mass is 19.1. The molecule has 0 N–H and O–H groups in total. The first-order valence-electron chi connectivity index (χ1n) is 10.2. The molecule has 4 aromatic carbocycles. The smallest absolute Gasteiger partial charge is 0.260 e. The Bertz CT molecular complexity index is 1430. The highest BCUT2D eigenvalue weighted by Crippen LogP contribution is 2.34. The maximum atomic E-state index is 13.7. The summed E-state index contributed by atoms with van der Waals surface area (Å²) < 4.78 is 15.4. The minimum Gasteiger partial charge on any atom is -0.311 e. The van der Waals surface area contributed by atoms with Crippen molar-refractivity contribution in [1.29, 1.82) is 0 Å². The topological polar surface area (TPSA) is 42.3 Å². The largest absolute Gasteiger partial charge is 0.311 e. The third-order valence-corrected chi connectivity index (χ3v) is 5.76. The van der Waals surface area contributed by atoms with Crippen LogP contribution in [0.2, 0.25) is 0 Å².